The van der Waals surface area contributed by atoms with Gasteiger partial charge in [-0.25, -0.2) is 8.42 Å². The number of phenols is 1. The summed E-state index contributed by atoms with van der Waals surface area (Å²) in [7, 11) is -6.07. The van der Waals surface area contributed by atoms with Crippen molar-refractivity contribution >= 4 is 61.2 Å². The molecule has 0 unspecified atom stereocenters. The molecule has 0 aliphatic rings. The van der Waals surface area contributed by atoms with Crippen LogP contribution in [0.5, 0.6) is 5.75 Å². The van der Waals surface area contributed by atoms with E-state index in [2.05, 4.69) is 0 Å². The molecule has 0 saturated heterocycles. The maximum atomic E-state index is 13.1. The van der Waals surface area contributed by atoms with Crippen LogP contribution in [0.15, 0.2) is 12.1 Å². The Morgan fingerprint density at radius 2 is 1.58 bits per heavy atom. The van der Waals surface area contributed by atoms with Crippen LogP contribution in [-0.4, -0.2) is 47.6 Å². The zero-order valence-electron chi connectivity index (χ0n) is 11.9. The highest BCUT2D eigenvalue weighted by Gasteiger charge is 2.72. The van der Waals surface area contributed by atoms with Crippen LogP contribution in [0.25, 0.3) is 0 Å². The highest BCUT2D eigenvalue weighted by molar-refractivity contribution is 14.1. The SMILES string of the molecule is O=C(NC(CS(=O)(=O)[O-])(C(F)(F)F)C(F)(F)F)c1cc(I)cc(I)c1O. The molecule has 0 saturated carbocycles. The fourth-order valence-corrected chi connectivity index (χ4v) is 4.54. The van der Waals surface area contributed by atoms with Crippen LogP contribution in [-0.2, 0) is 10.1 Å². The van der Waals surface area contributed by atoms with Crippen LogP contribution in [0.2, 0.25) is 0 Å². The second-order valence-electron chi connectivity index (χ2n) is 4.84. The fourth-order valence-electron chi connectivity index (χ4n) is 1.77. The first kappa shape index (κ1) is 23.5. The molecule has 15 heteroatoms. The largest absolute Gasteiger partial charge is 0.748 e. The number of carbonyl (C=O) groups is 1. The van der Waals surface area contributed by atoms with Gasteiger partial charge in [-0.15, -0.1) is 0 Å². The average Bonchev–Trinajstić information content (AvgIpc) is 2.37. The van der Waals surface area contributed by atoms with Crippen molar-refractivity contribution in [2.75, 3.05) is 5.75 Å². The van der Waals surface area contributed by atoms with Crippen LogP contribution in [0, 0.1) is 7.14 Å². The summed E-state index contributed by atoms with van der Waals surface area (Å²) < 4.78 is 111. The van der Waals surface area contributed by atoms with Crippen LogP contribution < -0.4 is 5.32 Å². The van der Waals surface area contributed by atoms with Crippen LogP contribution >= 0.6 is 45.2 Å². The highest BCUT2D eigenvalue weighted by atomic mass is 127. The molecule has 2 N–H and O–H groups in total. The van der Waals surface area contributed by atoms with E-state index in [0.717, 1.165) is 6.07 Å². The van der Waals surface area contributed by atoms with E-state index in [4.69, 9.17) is 0 Å². The Labute approximate surface area is 169 Å². The van der Waals surface area contributed by atoms with Gasteiger partial charge in [-0.1, -0.05) is 0 Å². The van der Waals surface area contributed by atoms with E-state index < -0.39 is 51.0 Å². The number of halogens is 8. The molecule has 0 atom stereocenters. The van der Waals surface area contributed by atoms with E-state index in [9.17, 15) is 49.2 Å². The highest BCUT2D eigenvalue weighted by Crippen LogP contribution is 2.44. The Morgan fingerprint density at radius 1 is 1.12 bits per heavy atom. The topological polar surface area (TPSA) is 107 Å². The van der Waals surface area contributed by atoms with Crippen molar-refractivity contribution in [3.05, 3.63) is 24.8 Å². The summed E-state index contributed by atoms with van der Waals surface area (Å²) in [6.45, 7) is 0. The summed E-state index contributed by atoms with van der Waals surface area (Å²) in [5.74, 6) is -5.97. The average molecular weight is 632 g/mol. The zero-order chi connectivity index (χ0) is 20.7. The van der Waals surface area contributed by atoms with Gasteiger partial charge in [0.05, 0.1) is 25.0 Å². The van der Waals surface area contributed by atoms with Gasteiger partial charge in [-0.2, -0.15) is 26.3 Å². The molecule has 148 valence electrons. The number of nitrogens with one attached hydrogen (secondary N) is 1. The smallest absolute Gasteiger partial charge is 0.421 e. The van der Waals surface area contributed by atoms with Gasteiger partial charge in [0.1, 0.15) is 5.75 Å². The van der Waals surface area contributed by atoms with Crippen molar-refractivity contribution in [2.24, 2.45) is 0 Å². The lowest BCUT2D eigenvalue weighted by Crippen LogP contribution is -2.70. The lowest BCUT2D eigenvalue weighted by atomic mass is 9.99. The Balaban J connectivity index is 3.58. The summed E-state index contributed by atoms with van der Waals surface area (Å²) in [4.78, 5) is 12.0. The van der Waals surface area contributed by atoms with Gasteiger partial charge in [0.2, 0.25) is 5.54 Å². The maximum Gasteiger partial charge on any atom is 0.421 e. The second kappa shape index (κ2) is 7.46. The van der Waals surface area contributed by atoms with E-state index >= 15 is 0 Å². The van der Waals surface area contributed by atoms with E-state index in [1.54, 1.807) is 22.6 Å². The minimum Gasteiger partial charge on any atom is -0.748 e. The third kappa shape index (κ3) is 5.03. The lowest BCUT2D eigenvalue weighted by Gasteiger charge is -2.38. The van der Waals surface area contributed by atoms with Gasteiger partial charge in [-0.05, 0) is 57.3 Å². The summed E-state index contributed by atoms with van der Waals surface area (Å²) in [6.07, 6.45) is -12.7. The van der Waals surface area contributed by atoms with E-state index in [0.29, 0.717) is 5.32 Å². The summed E-state index contributed by atoms with van der Waals surface area (Å²) in [6, 6.07) is 2.06. The van der Waals surface area contributed by atoms with Gasteiger partial charge in [-0.3, -0.25) is 4.79 Å². The maximum absolute atomic E-state index is 13.1. The van der Waals surface area contributed by atoms with E-state index in [1.807, 2.05) is 0 Å². The van der Waals surface area contributed by atoms with Crippen LogP contribution in [0.1, 0.15) is 10.4 Å². The minimum absolute atomic E-state index is 0.0549. The summed E-state index contributed by atoms with van der Waals surface area (Å²) in [5.41, 5.74) is -6.31. The van der Waals surface area contributed by atoms with Gasteiger partial charge >= 0.3 is 12.4 Å². The molecule has 0 radical (unpaired) electrons. The molecule has 0 aromatic heterocycles. The number of hydrogen-bond donors (Lipinski definition) is 2. The van der Waals surface area contributed by atoms with Crippen molar-refractivity contribution in [3.63, 3.8) is 0 Å². The Morgan fingerprint density at radius 3 is 1.96 bits per heavy atom. The summed E-state index contributed by atoms with van der Waals surface area (Å²) in [5, 5.41) is 10.3. The predicted octanol–water partition coefficient (Wildman–Crippen LogP) is 2.74. The molecule has 0 fully saturated rings. The van der Waals surface area contributed by atoms with Gasteiger partial charge in [0.25, 0.3) is 5.91 Å². The fraction of sp³-hybridized carbons (Fsp3) is 0.364. The summed E-state index contributed by atoms with van der Waals surface area (Å²) >= 11 is 3.06. The molecule has 6 nitrogen and oxygen atoms in total. The van der Waals surface area contributed by atoms with Gasteiger partial charge in [0.15, 0.2) is 0 Å². The first-order chi connectivity index (χ1) is 11.4. The molecule has 1 rings (SSSR count). The van der Waals surface area contributed by atoms with Crippen LogP contribution in [0.3, 0.4) is 0 Å². The van der Waals surface area contributed by atoms with Gasteiger partial charge < -0.3 is 15.0 Å². The molecule has 0 heterocycles. The van der Waals surface area contributed by atoms with Crippen LogP contribution in [0.4, 0.5) is 26.3 Å². The predicted molar refractivity (Wildman–Crippen MR) is 90.4 cm³/mol. The van der Waals surface area contributed by atoms with E-state index in [-0.39, 0.29) is 7.14 Å². The van der Waals surface area contributed by atoms with E-state index in [1.165, 1.54) is 28.7 Å². The van der Waals surface area contributed by atoms with Crippen molar-refractivity contribution in [1.82, 2.24) is 5.32 Å². The first-order valence-electron chi connectivity index (χ1n) is 5.99. The molecule has 26 heavy (non-hydrogen) atoms. The molecular formula is C11H6F6I2NO5S-. The van der Waals surface area contributed by atoms with Gasteiger partial charge in [0, 0.05) is 3.57 Å². The number of alkyl halides is 6. The Hall–Kier alpha value is -0.560. The molecule has 0 bridgehead atoms. The van der Waals surface area contributed by atoms with Crippen molar-refractivity contribution in [1.29, 1.82) is 0 Å². The third-order valence-electron chi connectivity index (χ3n) is 2.96. The molecule has 1 amide bonds. The molecule has 1 aromatic carbocycles. The monoisotopic (exact) mass is 632 g/mol. The number of phenolic OH excluding ortho intramolecular Hbond substituents is 1. The molecular weight excluding hydrogens is 626 g/mol. The molecule has 0 aliphatic carbocycles. The number of rotatable bonds is 4. The minimum atomic E-state index is -6.37. The molecule has 0 aliphatic heterocycles. The standard InChI is InChI=1S/C11H7F6I2NO5S/c12-10(13,14)9(11(15,16)17,3-26(23,24)25)20-8(22)5-1-4(18)2-6(19)7(5)21/h1-2,21H,3H2,(H,20,22)(H,23,24,25)/p-1. The first-order valence-corrected chi connectivity index (χ1v) is 9.72. The van der Waals surface area contributed by atoms with Crippen molar-refractivity contribution in [3.8, 4) is 5.75 Å². The van der Waals surface area contributed by atoms with Crippen molar-refractivity contribution < 1.29 is 49.2 Å². The number of carbonyl (C=O) groups excluding carboxylic acids is 1. The zero-order valence-corrected chi connectivity index (χ0v) is 17.0. The molecule has 0 spiro atoms. The second-order valence-corrected chi connectivity index (χ2v) is 8.65. The number of hydrogen-bond acceptors (Lipinski definition) is 5. The Bertz CT molecular complexity index is 810. The quantitative estimate of drug-likeness (QED) is 0.302. The number of aromatic hydroxyl groups is 1. The molecule has 1 aromatic rings. The third-order valence-corrected chi connectivity index (χ3v) is 5.19. The number of benzene rings is 1. The number of amides is 1. The van der Waals surface area contributed by atoms with Crippen molar-refractivity contribution in [2.45, 2.75) is 17.9 Å². The Kier molecular flexibility index (Phi) is 6.73. The normalized spacial score (nSPS) is 13.6. The lowest BCUT2D eigenvalue weighted by molar-refractivity contribution is -0.296.